The first-order chi connectivity index (χ1) is 6.25. The summed E-state index contributed by atoms with van der Waals surface area (Å²) in [5.41, 5.74) is 1.46. The van der Waals surface area contributed by atoms with E-state index >= 15 is 0 Å². The molecule has 70 valence electrons. The molecule has 1 aliphatic rings. The Morgan fingerprint density at radius 3 is 2.69 bits per heavy atom. The fourth-order valence-electron chi connectivity index (χ4n) is 1.53. The molecule has 0 spiro atoms. The lowest BCUT2D eigenvalue weighted by Crippen LogP contribution is -2.11. The van der Waals surface area contributed by atoms with Gasteiger partial charge in [-0.2, -0.15) is 0 Å². The third-order valence-electron chi connectivity index (χ3n) is 2.28. The zero-order chi connectivity index (χ0) is 9.26. The number of hydrogen-bond donors (Lipinski definition) is 0. The standard InChI is InChI=1S/C11H16OSi/c1-13(2)12-11-5-3-4-10(8-11)9-6-7-9/h3-5,8-9,13H,6-7H2,1-2H3. The van der Waals surface area contributed by atoms with E-state index in [0.29, 0.717) is 0 Å². The van der Waals surface area contributed by atoms with Gasteiger partial charge in [0.2, 0.25) is 9.04 Å². The Morgan fingerprint density at radius 1 is 1.31 bits per heavy atom. The summed E-state index contributed by atoms with van der Waals surface area (Å²) in [5.74, 6) is 1.91. The van der Waals surface area contributed by atoms with Crippen LogP contribution in [0, 0.1) is 0 Å². The maximum atomic E-state index is 5.77. The average Bonchev–Trinajstić information content (AvgIpc) is 2.85. The molecule has 0 N–H and O–H groups in total. The molecule has 1 fully saturated rings. The van der Waals surface area contributed by atoms with Crippen molar-refractivity contribution in [2.75, 3.05) is 0 Å². The Morgan fingerprint density at radius 2 is 2.08 bits per heavy atom. The lowest BCUT2D eigenvalue weighted by Gasteiger charge is -2.10. The summed E-state index contributed by atoms with van der Waals surface area (Å²) in [6, 6.07) is 8.61. The molecule has 0 atom stereocenters. The average molecular weight is 192 g/mol. The van der Waals surface area contributed by atoms with Crippen molar-refractivity contribution >= 4 is 9.04 Å². The Hall–Kier alpha value is -0.763. The smallest absolute Gasteiger partial charge is 0.229 e. The third kappa shape index (κ3) is 2.34. The van der Waals surface area contributed by atoms with Crippen LogP contribution in [0.2, 0.25) is 13.1 Å². The molecule has 1 saturated carbocycles. The van der Waals surface area contributed by atoms with Gasteiger partial charge in [-0.3, -0.25) is 0 Å². The minimum absolute atomic E-state index is 0.831. The lowest BCUT2D eigenvalue weighted by molar-refractivity contribution is 0.579. The molecule has 2 rings (SSSR count). The van der Waals surface area contributed by atoms with E-state index in [9.17, 15) is 0 Å². The van der Waals surface area contributed by atoms with E-state index in [-0.39, 0.29) is 0 Å². The van der Waals surface area contributed by atoms with Gasteiger partial charge in [-0.1, -0.05) is 12.1 Å². The molecule has 0 saturated heterocycles. The van der Waals surface area contributed by atoms with Gasteiger partial charge in [0.1, 0.15) is 5.75 Å². The highest BCUT2D eigenvalue weighted by molar-refractivity contribution is 6.49. The first-order valence-electron chi connectivity index (χ1n) is 5.02. The summed E-state index contributed by atoms with van der Waals surface area (Å²) in [5, 5.41) is 0. The summed E-state index contributed by atoms with van der Waals surface area (Å²) in [7, 11) is -0.929. The van der Waals surface area contributed by atoms with Crippen molar-refractivity contribution in [1.29, 1.82) is 0 Å². The van der Waals surface area contributed by atoms with Crippen LogP contribution < -0.4 is 4.43 Å². The molecule has 0 radical (unpaired) electrons. The SMILES string of the molecule is C[SiH](C)Oc1cccc(C2CC2)c1. The fourth-order valence-corrected chi connectivity index (χ4v) is 2.22. The van der Waals surface area contributed by atoms with Crippen LogP contribution in [0.3, 0.4) is 0 Å². The van der Waals surface area contributed by atoms with Crippen LogP contribution in [0.1, 0.15) is 24.3 Å². The zero-order valence-electron chi connectivity index (χ0n) is 8.29. The minimum Gasteiger partial charge on any atom is -0.547 e. The Bertz CT molecular complexity index is 292. The number of hydrogen-bond acceptors (Lipinski definition) is 1. The zero-order valence-corrected chi connectivity index (χ0v) is 9.44. The van der Waals surface area contributed by atoms with Crippen molar-refractivity contribution in [1.82, 2.24) is 0 Å². The van der Waals surface area contributed by atoms with Gasteiger partial charge in [-0.15, -0.1) is 0 Å². The van der Waals surface area contributed by atoms with E-state index in [1.807, 2.05) is 0 Å². The minimum atomic E-state index is -0.929. The van der Waals surface area contributed by atoms with Crippen LogP contribution in [0.5, 0.6) is 5.75 Å². The molecule has 1 aliphatic carbocycles. The van der Waals surface area contributed by atoms with Gasteiger partial charge in [0.25, 0.3) is 0 Å². The van der Waals surface area contributed by atoms with Crippen molar-refractivity contribution in [2.24, 2.45) is 0 Å². The van der Waals surface area contributed by atoms with Gasteiger partial charge >= 0.3 is 0 Å². The summed E-state index contributed by atoms with van der Waals surface area (Å²) in [6.45, 7) is 4.40. The van der Waals surface area contributed by atoms with E-state index in [2.05, 4.69) is 37.4 Å². The molecular formula is C11H16OSi. The van der Waals surface area contributed by atoms with Crippen LogP contribution >= 0.6 is 0 Å². The number of rotatable bonds is 3. The van der Waals surface area contributed by atoms with E-state index in [0.717, 1.165) is 11.7 Å². The Balaban J connectivity index is 2.12. The second kappa shape index (κ2) is 3.54. The first-order valence-corrected chi connectivity index (χ1v) is 7.80. The van der Waals surface area contributed by atoms with Crippen molar-refractivity contribution in [2.45, 2.75) is 31.9 Å². The predicted octanol–water partition coefficient (Wildman–Crippen LogP) is 2.93. The Kier molecular flexibility index (Phi) is 2.40. The van der Waals surface area contributed by atoms with Gasteiger partial charge in [-0.25, -0.2) is 0 Å². The van der Waals surface area contributed by atoms with Gasteiger partial charge < -0.3 is 4.43 Å². The van der Waals surface area contributed by atoms with E-state index in [1.54, 1.807) is 0 Å². The number of benzene rings is 1. The maximum absolute atomic E-state index is 5.77. The first kappa shape index (κ1) is 8.82. The van der Waals surface area contributed by atoms with Crippen LogP contribution in [-0.4, -0.2) is 9.04 Å². The molecule has 0 aliphatic heterocycles. The maximum Gasteiger partial charge on any atom is 0.229 e. The molecule has 0 amide bonds. The lowest BCUT2D eigenvalue weighted by atomic mass is 10.1. The molecule has 0 unspecified atom stereocenters. The van der Waals surface area contributed by atoms with Crippen molar-refractivity contribution in [3.8, 4) is 5.75 Å². The van der Waals surface area contributed by atoms with E-state index < -0.39 is 9.04 Å². The van der Waals surface area contributed by atoms with Gasteiger partial charge in [0.15, 0.2) is 0 Å². The second-order valence-electron chi connectivity index (χ2n) is 4.01. The predicted molar refractivity (Wildman–Crippen MR) is 57.9 cm³/mol. The van der Waals surface area contributed by atoms with Crippen LogP contribution in [-0.2, 0) is 0 Å². The molecule has 13 heavy (non-hydrogen) atoms. The third-order valence-corrected chi connectivity index (χ3v) is 3.02. The quantitative estimate of drug-likeness (QED) is 0.669. The Labute approximate surface area is 81.5 Å². The summed E-state index contributed by atoms with van der Waals surface area (Å²) in [6.07, 6.45) is 2.73. The highest BCUT2D eigenvalue weighted by Crippen LogP contribution is 2.40. The van der Waals surface area contributed by atoms with E-state index in [1.165, 1.54) is 18.4 Å². The largest absolute Gasteiger partial charge is 0.547 e. The van der Waals surface area contributed by atoms with Crippen LogP contribution in [0.4, 0.5) is 0 Å². The van der Waals surface area contributed by atoms with E-state index in [4.69, 9.17) is 4.43 Å². The van der Waals surface area contributed by atoms with Crippen LogP contribution in [0.25, 0.3) is 0 Å². The summed E-state index contributed by atoms with van der Waals surface area (Å²) < 4.78 is 5.77. The monoisotopic (exact) mass is 192 g/mol. The highest BCUT2D eigenvalue weighted by Gasteiger charge is 2.23. The van der Waals surface area contributed by atoms with Crippen molar-refractivity contribution in [3.05, 3.63) is 29.8 Å². The molecule has 0 aromatic heterocycles. The molecule has 0 heterocycles. The van der Waals surface area contributed by atoms with Crippen molar-refractivity contribution < 1.29 is 4.43 Å². The molecule has 2 heteroatoms. The fraction of sp³-hybridized carbons (Fsp3) is 0.455. The molecule has 1 nitrogen and oxygen atoms in total. The molecule has 0 bridgehead atoms. The normalized spacial score (nSPS) is 16.2. The van der Waals surface area contributed by atoms with Gasteiger partial charge in [0.05, 0.1) is 0 Å². The van der Waals surface area contributed by atoms with Gasteiger partial charge in [0, 0.05) is 0 Å². The molecular weight excluding hydrogens is 176 g/mol. The summed E-state index contributed by atoms with van der Waals surface area (Å²) >= 11 is 0. The van der Waals surface area contributed by atoms with Gasteiger partial charge in [-0.05, 0) is 49.5 Å². The second-order valence-corrected chi connectivity index (χ2v) is 6.35. The summed E-state index contributed by atoms with van der Waals surface area (Å²) in [4.78, 5) is 0. The van der Waals surface area contributed by atoms with Crippen LogP contribution in [0.15, 0.2) is 24.3 Å². The topological polar surface area (TPSA) is 9.23 Å². The van der Waals surface area contributed by atoms with Crippen molar-refractivity contribution in [3.63, 3.8) is 0 Å². The molecule has 1 aromatic carbocycles. The highest BCUT2D eigenvalue weighted by atomic mass is 28.3. The molecule has 1 aromatic rings.